The van der Waals surface area contributed by atoms with Crippen molar-refractivity contribution < 1.29 is 100.0 Å². The van der Waals surface area contributed by atoms with Gasteiger partial charge in [-0.15, -0.1) is 0 Å². The molecule has 2 atom stereocenters. The van der Waals surface area contributed by atoms with Gasteiger partial charge in [0.2, 0.25) is 0 Å². The van der Waals surface area contributed by atoms with Gasteiger partial charge in [-0.1, -0.05) is 98.3 Å². The number of nitrogens with one attached hydrogen (secondary N) is 3. The minimum atomic E-state index is -1.06. The van der Waals surface area contributed by atoms with Crippen molar-refractivity contribution in [1.82, 2.24) is 45.2 Å². The first-order valence-electron chi connectivity index (χ1n) is 46.8. The Hall–Kier alpha value is -15.4. The molecule has 13 N–H and O–H groups in total. The number of aliphatic hydroxyl groups excluding tert-OH is 1. The molecule has 145 heavy (non-hydrogen) atoms. The molecule has 2 fully saturated rings. The molecule has 0 unspecified atom stereocenters. The number of halogens is 3. The summed E-state index contributed by atoms with van der Waals surface area (Å²) in [7, 11) is 2.59. The number of nitrogen functional groups attached to an aromatic ring is 4. The summed E-state index contributed by atoms with van der Waals surface area (Å²) in [6.45, 7) is 26.7. The molecule has 0 radical (unpaired) electrons. The number of anilines is 6. The summed E-state index contributed by atoms with van der Waals surface area (Å²) < 4.78 is 74.6. The quantitative estimate of drug-likeness (QED) is 0.0194. The normalized spacial score (nSPS) is 14.5. The fourth-order valence-electron chi connectivity index (χ4n) is 16.5. The zero-order valence-electron chi connectivity index (χ0n) is 83.0. The molecule has 16 rings (SSSR count). The van der Waals surface area contributed by atoms with Gasteiger partial charge < -0.3 is 86.4 Å². The van der Waals surface area contributed by atoms with Crippen LogP contribution in [-0.2, 0) is 43.3 Å². The van der Waals surface area contributed by atoms with Crippen molar-refractivity contribution >= 4 is 104 Å². The number of hydrogen-bond acceptors (Lipinski definition) is 30. The minimum absolute atomic E-state index is 0.0979. The summed E-state index contributed by atoms with van der Waals surface area (Å²) in [5.74, 6) is -4.45. The van der Waals surface area contributed by atoms with Crippen LogP contribution >= 0.6 is 15.9 Å². The maximum Gasteiger partial charge on any atom is 0.417 e. The number of ether oxygens (including phenoxy) is 9. The predicted octanol–water partition coefficient (Wildman–Crippen LogP) is 19.4. The average Bonchev–Trinajstić information content (AvgIpc) is 0.750. The van der Waals surface area contributed by atoms with Crippen LogP contribution in [0.1, 0.15) is 221 Å². The van der Waals surface area contributed by atoms with Crippen LogP contribution in [0, 0.1) is 60.1 Å². The lowest BCUT2D eigenvalue weighted by Gasteiger charge is -2.40. The van der Waals surface area contributed by atoms with Crippen molar-refractivity contribution in [2.45, 2.75) is 151 Å². The molecule has 3 amide bonds. The number of nitrogens with zero attached hydrogens (tertiary/aromatic N) is 8. The van der Waals surface area contributed by atoms with Gasteiger partial charge in [0.15, 0.2) is 34.4 Å². The van der Waals surface area contributed by atoms with Crippen LogP contribution in [0.5, 0.6) is 5.75 Å². The number of carbonyl (C=O) groups is 8. The second kappa shape index (κ2) is 51.5. The van der Waals surface area contributed by atoms with Crippen LogP contribution in [0.25, 0.3) is 50.6 Å². The van der Waals surface area contributed by atoms with E-state index < -0.39 is 71.2 Å². The number of methoxy groups -OCH3 is 2. The van der Waals surface area contributed by atoms with Crippen molar-refractivity contribution in [3.05, 3.63) is 294 Å². The topological polar surface area (TPSA) is 503 Å². The lowest BCUT2D eigenvalue weighted by Crippen LogP contribution is -2.45. The van der Waals surface area contributed by atoms with Crippen molar-refractivity contribution in [1.29, 1.82) is 0 Å². The molecule has 2 saturated heterocycles. The van der Waals surface area contributed by atoms with E-state index in [1.165, 1.54) is 26.6 Å². The van der Waals surface area contributed by atoms with Crippen molar-refractivity contribution in [3.63, 3.8) is 0 Å². The van der Waals surface area contributed by atoms with Gasteiger partial charge in [0.25, 0.3) is 0 Å². The van der Waals surface area contributed by atoms with Crippen LogP contribution in [0.2, 0.25) is 0 Å². The van der Waals surface area contributed by atoms with Crippen LogP contribution in [0.4, 0.5) is 52.5 Å². The van der Waals surface area contributed by atoms with E-state index in [0.29, 0.717) is 194 Å². The molecule has 3 aliphatic heterocycles. The molecule has 11 heterocycles. The first-order valence-corrected chi connectivity index (χ1v) is 47.6. The van der Waals surface area contributed by atoms with E-state index in [1.807, 2.05) is 133 Å². The van der Waals surface area contributed by atoms with E-state index in [0.717, 1.165) is 88.9 Å². The molecule has 12 aromatic rings. The molecular formula is C108H118BrF2N15O19. The number of urea groups is 1. The predicted molar refractivity (Wildman–Crippen MR) is 549 cm³/mol. The molecule has 1 aliphatic carbocycles. The Balaban J connectivity index is 0.000000174. The number of pyridine rings is 8. The average molecular weight is 2050 g/mol. The fourth-order valence-corrected chi connectivity index (χ4v) is 16.8. The lowest BCUT2D eigenvalue weighted by atomic mass is 9.69. The van der Waals surface area contributed by atoms with E-state index in [1.54, 1.807) is 102 Å². The van der Waals surface area contributed by atoms with E-state index in [-0.39, 0.29) is 41.3 Å². The Bertz CT molecular complexity index is 6730. The maximum atomic E-state index is 14.3. The summed E-state index contributed by atoms with van der Waals surface area (Å²) in [6, 6.07) is 43.8. The number of aromatic carboxylic acids is 1. The zero-order valence-corrected chi connectivity index (χ0v) is 84.6. The summed E-state index contributed by atoms with van der Waals surface area (Å²) in [4.78, 5) is 131. The molecule has 34 nitrogen and oxygen atoms in total. The van der Waals surface area contributed by atoms with E-state index >= 15 is 0 Å². The molecule has 0 spiro atoms. The highest BCUT2D eigenvalue weighted by atomic mass is 79.9. The SMILES string of the molecule is CCOC(=O)c1nc(Br)c(N)cc1C.CCOC(=O)c1nc(C2=CCOCC2)c(N)cc1C.CCOC(=O)c1nc(C2CCOCC2)c(N)cc1C.COC(=O)c1cc(-c2nc(-c3ccccc3)c(NC(=O)N[C@@H]3c4cc(F)c(F)cc4C(C)(C)C[C@H]3O)cc2C)ccn1.COC(=O)c1cc(-c2nc(-c3ccccc3)c(NC(=O)Oc3ccc(C)cc3)cc2C)ccn1.Cc1cc(N)c(C2CCOCC2)nc1C(=O)O. The zero-order chi connectivity index (χ0) is 105. The fraction of sp³-hybridized carbons (Fsp3) is 0.315. The smallest absolute Gasteiger partial charge is 0.417 e. The van der Waals surface area contributed by atoms with E-state index in [4.69, 9.17) is 80.6 Å². The van der Waals surface area contributed by atoms with Gasteiger partial charge in [0.05, 0.1) is 133 Å². The Labute approximate surface area is 846 Å². The van der Waals surface area contributed by atoms with Crippen LogP contribution < -0.4 is 43.6 Å². The number of esters is 5. The number of fused-ring (bicyclic) bond motifs is 1. The maximum absolute atomic E-state index is 14.3. The summed E-state index contributed by atoms with van der Waals surface area (Å²) in [5, 5.41) is 28.4. The Morgan fingerprint density at radius 3 is 1.38 bits per heavy atom. The summed E-state index contributed by atoms with van der Waals surface area (Å²) >= 11 is 3.16. The third-order valence-electron chi connectivity index (χ3n) is 23.7. The van der Waals surface area contributed by atoms with Gasteiger partial charge in [-0.3, -0.25) is 5.32 Å². The lowest BCUT2D eigenvalue weighted by molar-refractivity contribution is 0.0508. The highest BCUT2D eigenvalue weighted by Gasteiger charge is 2.41. The van der Waals surface area contributed by atoms with Gasteiger partial charge in [0, 0.05) is 72.9 Å². The number of carboxylic acid groups (broad SMARTS) is 1. The van der Waals surface area contributed by atoms with Gasteiger partial charge in [0.1, 0.15) is 21.7 Å². The summed E-state index contributed by atoms with van der Waals surface area (Å²) in [5.41, 5.74) is 42.1. The number of carboxylic acids is 1. The van der Waals surface area contributed by atoms with Crippen LogP contribution in [-0.4, -0.2) is 178 Å². The molecule has 0 bridgehead atoms. The van der Waals surface area contributed by atoms with Crippen LogP contribution in [0.15, 0.2) is 181 Å². The number of aromatic nitrogens is 8. The summed E-state index contributed by atoms with van der Waals surface area (Å²) in [6.07, 6.45) is 7.80. The molecular weight excluding hydrogens is 1930 g/mol. The molecule has 4 aliphatic rings. The third-order valence-corrected chi connectivity index (χ3v) is 24.4. The van der Waals surface area contributed by atoms with E-state index in [9.17, 15) is 52.2 Å². The number of carbonyl (C=O) groups excluding carboxylic acids is 7. The molecule has 4 aromatic carbocycles. The number of benzene rings is 4. The molecule has 37 heteroatoms. The van der Waals surface area contributed by atoms with E-state index in [2.05, 4.69) is 61.8 Å². The second-order valence-electron chi connectivity index (χ2n) is 34.8. The van der Waals surface area contributed by atoms with Crippen molar-refractivity contribution in [3.8, 4) is 50.8 Å². The second-order valence-corrected chi connectivity index (χ2v) is 35.5. The van der Waals surface area contributed by atoms with Gasteiger partial charge in [-0.25, -0.2) is 87.0 Å². The van der Waals surface area contributed by atoms with Crippen molar-refractivity contribution in [2.75, 3.05) is 107 Å². The molecule has 8 aromatic heterocycles. The van der Waals surface area contributed by atoms with Crippen molar-refractivity contribution in [2.24, 2.45) is 0 Å². The largest absolute Gasteiger partial charge is 0.477 e. The highest BCUT2D eigenvalue weighted by Crippen LogP contribution is 2.44. The Morgan fingerprint density at radius 2 is 0.917 bits per heavy atom. The third kappa shape index (κ3) is 29.0. The first kappa shape index (κ1) is 110. The Kier molecular flexibility index (Phi) is 39.0. The number of hydrogen-bond donors (Lipinski definition) is 9. The first-order chi connectivity index (χ1) is 69.3. The monoisotopic (exact) mass is 2050 g/mol. The van der Waals surface area contributed by atoms with Crippen LogP contribution in [0.3, 0.4) is 0 Å². The van der Waals surface area contributed by atoms with Gasteiger partial charge >= 0.3 is 47.9 Å². The minimum Gasteiger partial charge on any atom is -0.477 e. The number of rotatable bonds is 20. The number of amides is 3. The molecule has 0 saturated carbocycles. The molecule has 760 valence electrons. The highest BCUT2D eigenvalue weighted by molar-refractivity contribution is 9.10. The Morgan fingerprint density at radius 1 is 0.476 bits per heavy atom. The number of aliphatic hydroxyl groups is 1. The standard InChI is InChI=1S/C32H30F2N4O4.C27H23N3O4.C14H20N2O3.C14H18N2O3.C12H16N2O3.C9H11BrN2O2/c1-17-12-24(36-31(41)38-29-20-14-22(33)23(34)15-21(20)32(2,3)16-26(29)39)28(18-8-6-5-7-9-18)37-27(17)19-10-11-35-25(13-19)30(40)42-4;1-17-9-11-21(12-10-17)34-27(32)29-22-15-18(2)24(30-25(22)19-7-5-4-6-8-19)20-13-14-28-23(16-20)26(31)33-3;2*1-3-19-14(17)12-9(2)8-11(15)13(16-12)10-4-6-18-7-5-10;1-7-6-9(13)11(14-10(7)12(15)16)8-2-4-17-5-3-8;1-3-14-9(13)7-5(2)4-6(11)8(10)12-7/h5-15,26,29,39H,16H2,1-4H3,(H2,36,38,41);4-16H,1-3H3,(H,29,32);8,10H,3-7,15H2,1-2H3;4,8H,3,5-7,15H2,1-2H3;6,8H,2-5,13H2,1H3,(H,15,16);4H,3,11H2,1-2H3/t26-,29-;;;;;/m1...../s1. The number of aryl methyl sites for hydroxylation is 7. The van der Waals surface area contributed by atoms with Gasteiger partial charge in [-0.2, -0.15) is 0 Å². The number of nitrogens with two attached hydrogens (primary N) is 4. The van der Waals surface area contributed by atoms with Gasteiger partial charge in [-0.05, 0) is 264 Å².